The van der Waals surface area contributed by atoms with Crippen LogP contribution in [0.15, 0.2) is 12.2 Å². The van der Waals surface area contributed by atoms with Crippen molar-refractivity contribution in [3.05, 3.63) is 12.2 Å². The summed E-state index contributed by atoms with van der Waals surface area (Å²) in [5, 5.41) is 20.7. The number of hydrogen-bond acceptors (Lipinski definition) is 5. The summed E-state index contributed by atoms with van der Waals surface area (Å²) >= 11 is 0. The number of carbonyl (C=O) groups is 2. The maximum Gasteiger partial charge on any atom is 0.305 e. The predicted molar refractivity (Wildman–Crippen MR) is 102 cm³/mol. The summed E-state index contributed by atoms with van der Waals surface area (Å²) in [5.74, 6) is -0.817. The normalized spacial score (nSPS) is 24.3. The smallest absolute Gasteiger partial charge is 0.305 e. The Morgan fingerprint density at radius 2 is 1.96 bits per heavy atom. The van der Waals surface area contributed by atoms with E-state index in [2.05, 4.69) is 11.7 Å². The van der Waals surface area contributed by atoms with E-state index in [4.69, 9.17) is 0 Å². The second-order valence-corrected chi connectivity index (χ2v) is 7.37. The summed E-state index contributed by atoms with van der Waals surface area (Å²) in [7, 11) is 1.38. The van der Waals surface area contributed by atoms with E-state index >= 15 is 0 Å². The Hall–Kier alpha value is -1.20. The van der Waals surface area contributed by atoms with E-state index in [0.29, 0.717) is 25.7 Å². The predicted octanol–water partition coefficient (Wildman–Crippen LogP) is 3.56. The van der Waals surface area contributed by atoms with E-state index in [1.54, 1.807) is 0 Å². The largest absolute Gasteiger partial charge is 0.469 e. The van der Waals surface area contributed by atoms with Gasteiger partial charge in [0, 0.05) is 24.7 Å². The molecule has 0 aromatic rings. The maximum absolute atomic E-state index is 12.2. The lowest BCUT2D eigenvalue weighted by Gasteiger charge is -2.25. The highest BCUT2D eigenvalue weighted by Crippen LogP contribution is 2.36. The number of aliphatic hydroxyl groups is 2. The molecule has 0 spiro atoms. The number of allylic oxidation sites excluding steroid dienone is 2. The van der Waals surface area contributed by atoms with Gasteiger partial charge in [0.1, 0.15) is 5.78 Å². The first-order valence-corrected chi connectivity index (χ1v) is 10.1. The second kappa shape index (κ2) is 13.0. The molecule has 1 aliphatic carbocycles. The number of esters is 1. The van der Waals surface area contributed by atoms with Gasteiger partial charge in [0.25, 0.3) is 0 Å². The Kier molecular flexibility index (Phi) is 11.5. The van der Waals surface area contributed by atoms with Crippen LogP contribution in [0, 0.1) is 11.8 Å². The van der Waals surface area contributed by atoms with E-state index in [-0.39, 0.29) is 30.0 Å². The van der Waals surface area contributed by atoms with Crippen molar-refractivity contribution in [2.24, 2.45) is 11.8 Å². The van der Waals surface area contributed by atoms with Crippen molar-refractivity contribution < 1.29 is 24.5 Å². The van der Waals surface area contributed by atoms with Gasteiger partial charge in [-0.3, -0.25) is 9.59 Å². The molecule has 1 saturated carbocycles. The van der Waals surface area contributed by atoms with Crippen LogP contribution in [0.3, 0.4) is 0 Å². The standard InChI is InChI=1S/C21H36O5/c1-3-4-5-6-10-13-17(22)21-16(18(23)15-19(21)24)12-9-7-8-11-14-20(25)26-2/h7,9,16-17,19,21-22,24H,3-6,8,10-15H2,1-2H3/t16-,17?,19?,21+/m0/s1. The van der Waals surface area contributed by atoms with Crippen LogP contribution in [-0.4, -0.2) is 41.3 Å². The minimum atomic E-state index is -0.731. The maximum atomic E-state index is 12.2. The summed E-state index contributed by atoms with van der Waals surface area (Å²) in [6.45, 7) is 2.17. The Labute approximate surface area is 157 Å². The zero-order valence-corrected chi connectivity index (χ0v) is 16.4. The molecule has 0 aromatic carbocycles. The van der Waals surface area contributed by atoms with Gasteiger partial charge in [-0.25, -0.2) is 0 Å². The molecule has 2 unspecified atom stereocenters. The Morgan fingerprint density at radius 3 is 2.65 bits per heavy atom. The number of carbonyl (C=O) groups excluding carboxylic acids is 2. The van der Waals surface area contributed by atoms with Gasteiger partial charge in [-0.1, -0.05) is 51.2 Å². The van der Waals surface area contributed by atoms with Crippen LogP contribution in [0.4, 0.5) is 0 Å². The number of ketones is 1. The zero-order valence-electron chi connectivity index (χ0n) is 16.4. The molecule has 0 radical (unpaired) electrons. The highest BCUT2D eigenvalue weighted by molar-refractivity contribution is 5.84. The fourth-order valence-corrected chi connectivity index (χ4v) is 3.77. The van der Waals surface area contributed by atoms with Gasteiger partial charge in [0.05, 0.1) is 19.3 Å². The Balaban J connectivity index is 2.40. The molecule has 5 heteroatoms. The van der Waals surface area contributed by atoms with Crippen LogP contribution in [0.5, 0.6) is 0 Å². The molecule has 1 fully saturated rings. The van der Waals surface area contributed by atoms with Crippen molar-refractivity contribution >= 4 is 11.8 Å². The minimum absolute atomic E-state index is 0.0479. The summed E-state index contributed by atoms with van der Waals surface area (Å²) in [5.41, 5.74) is 0. The average molecular weight is 369 g/mol. The van der Waals surface area contributed by atoms with Gasteiger partial charge in [0.15, 0.2) is 0 Å². The molecule has 0 bridgehead atoms. The van der Waals surface area contributed by atoms with Crippen LogP contribution < -0.4 is 0 Å². The molecule has 2 N–H and O–H groups in total. The number of rotatable bonds is 13. The quantitative estimate of drug-likeness (QED) is 0.295. The SMILES string of the molecule is CCCCCCCC(O)[C@@H]1C(O)CC(=O)[C@@H]1CC=CCCCC(=O)OC. The minimum Gasteiger partial charge on any atom is -0.469 e. The topological polar surface area (TPSA) is 83.8 Å². The first-order valence-electron chi connectivity index (χ1n) is 10.1. The summed E-state index contributed by atoms with van der Waals surface area (Å²) in [4.78, 5) is 23.2. The third-order valence-electron chi connectivity index (χ3n) is 5.32. The Bertz CT molecular complexity index is 446. The van der Waals surface area contributed by atoms with Crippen molar-refractivity contribution in [1.29, 1.82) is 0 Å². The zero-order chi connectivity index (χ0) is 19.4. The number of unbranched alkanes of at least 4 members (excludes halogenated alkanes) is 5. The molecule has 1 rings (SSSR count). The lowest BCUT2D eigenvalue weighted by atomic mass is 9.84. The van der Waals surface area contributed by atoms with Crippen molar-refractivity contribution in [2.45, 2.75) is 89.8 Å². The molecule has 0 amide bonds. The van der Waals surface area contributed by atoms with Crippen molar-refractivity contribution in [1.82, 2.24) is 0 Å². The van der Waals surface area contributed by atoms with Crippen molar-refractivity contribution in [3.8, 4) is 0 Å². The van der Waals surface area contributed by atoms with E-state index in [9.17, 15) is 19.8 Å². The molecule has 1 aliphatic rings. The van der Waals surface area contributed by atoms with Crippen LogP contribution in [0.1, 0.15) is 77.6 Å². The van der Waals surface area contributed by atoms with Crippen molar-refractivity contribution in [2.75, 3.05) is 7.11 Å². The molecular formula is C21H36O5. The summed E-state index contributed by atoms with van der Waals surface area (Å²) in [6.07, 6.45) is 11.4. The van der Waals surface area contributed by atoms with E-state index in [1.807, 2.05) is 12.2 Å². The van der Waals surface area contributed by atoms with Gasteiger partial charge in [-0.15, -0.1) is 0 Å². The molecule has 26 heavy (non-hydrogen) atoms. The second-order valence-electron chi connectivity index (χ2n) is 7.37. The van der Waals surface area contributed by atoms with Gasteiger partial charge in [-0.2, -0.15) is 0 Å². The number of methoxy groups -OCH3 is 1. The van der Waals surface area contributed by atoms with Gasteiger partial charge in [-0.05, 0) is 25.7 Å². The first-order chi connectivity index (χ1) is 12.5. The fraction of sp³-hybridized carbons (Fsp3) is 0.810. The molecule has 150 valence electrons. The van der Waals surface area contributed by atoms with Crippen LogP contribution >= 0.6 is 0 Å². The van der Waals surface area contributed by atoms with E-state index in [0.717, 1.165) is 19.3 Å². The van der Waals surface area contributed by atoms with Crippen LogP contribution in [0.25, 0.3) is 0 Å². The monoisotopic (exact) mass is 368 g/mol. The number of Topliss-reactive ketones (excluding diaryl/α,β-unsaturated/α-hetero) is 1. The molecule has 0 aliphatic heterocycles. The summed E-state index contributed by atoms with van der Waals surface area (Å²) < 4.78 is 4.59. The molecular weight excluding hydrogens is 332 g/mol. The summed E-state index contributed by atoms with van der Waals surface area (Å²) in [6, 6.07) is 0. The average Bonchev–Trinajstić information content (AvgIpc) is 2.90. The van der Waals surface area contributed by atoms with Crippen LogP contribution in [0.2, 0.25) is 0 Å². The Morgan fingerprint density at radius 1 is 1.23 bits per heavy atom. The molecule has 5 nitrogen and oxygen atoms in total. The highest BCUT2D eigenvalue weighted by atomic mass is 16.5. The van der Waals surface area contributed by atoms with Gasteiger partial charge >= 0.3 is 5.97 Å². The molecule has 0 heterocycles. The van der Waals surface area contributed by atoms with E-state index < -0.39 is 12.2 Å². The van der Waals surface area contributed by atoms with E-state index in [1.165, 1.54) is 26.4 Å². The molecule has 0 saturated heterocycles. The lowest BCUT2D eigenvalue weighted by molar-refractivity contribution is -0.140. The lowest BCUT2D eigenvalue weighted by Crippen LogP contribution is -2.32. The highest BCUT2D eigenvalue weighted by Gasteiger charge is 2.44. The van der Waals surface area contributed by atoms with Crippen molar-refractivity contribution in [3.63, 3.8) is 0 Å². The number of ether oxygens (including phenoxy) is 1. The van der Waals surface area contributed by atoms with Gasteiger partial charge in [0.2, 0.25) is 0 Å². The molecule has 4 atom stereocenters. The first kappa shape index (κ1) is 22.8. The fourth-order valence-electron chi connectivity index (χ4n) is 3.77. The third-order valence-corrected chi connectivity index (χ3v) is 5.32. The molecule has 0 aromatic heterocycles. The van der Waals surface area contributed by atoms with Gasteiger partial charge < -0.3 is 14.9 Å². The number of hydrogen-bond donors (Lipinski definition) is 2. The van der Waals surface area contributed by atoms with Crippen LogP contribution in [-0.2, 0) is 14.3 Å². The number of aliphatic hydroxyl groups excluding tert-OH is 2. The third kappa shape index (κ3) is 8.00.